The number of thiazole rings is 1. The van der Waals surface area contributed by atoms with Gasteiger partial charge in [0.1, 0.15) is 16.6 Å². The van der Waals surface area contributed by atoms with Gasteiger partial charge in [0.15, 0.2) is 5.58 Å². The summed E-state index contributed by atoms with van der Waals surface area (Å²) < 4.78 is 6.08. The van der Waals surface area contributed by atoms with Crippen molar-refractivity contribution in [2.45, 2.75) is 18.5 Å². The molecule has 3 fully saturated rings. The molecule has 0 aliphatic carbocycles. The number of fused-ring (bicyclic) bond motifs is 3. The molecule has 1 aromatic carbocycles. The molecule has 2 aromatic heterocycles. The van der Waals surface area contributed by atoms with Crippen molar-refractivity contribution in [2.24, 2.45) is 0 Å². The van der Waals surface area contributed by atoms with E-state index in [1.807, 2.05) is 11.4 Å². The van der Waals surface area contributed by atoms with Gasteiger partial charge in [-0.2, -0.15) is 10.2 Å². The van der Waals surface area contributed by atoms with Gasteiger partial charge in [0.05, 0.1) is 11.1 Å². The lowest BCUT2D eigenvalue weighted by Gasteiger charge is -2.47. The largest absolute Gasteiger partial charge is 0.423 e. The van der Waals surface area contributed by atoms with Gasteiger partial charge in [0.25, 0.3) is 6.01 Å². The van der Waals surface area contributed by atoms with Crippen LogP contribution >= 0.6 is 11.3 Å². The van der Waals surface area contributed by atoms with E-state index >= 15 is 0 Å². The van der Waals surface area contributed by atoms with Crippen LogP contribution in [0, 0.1) is 11.3 Å². The second-order valence-corrected chi connectivity index (χ2v) is 6.88. The van der Waals surface area contributed by atoms with Crippen LogP contribution in [-0.2, 0) is 0 Å². The van der Waals surface area contributed by atoms with Crippen LogP contribution in [-0.4, -0.2) is 35.1 Å². The van der Waals surface area contributed by atoms with Gasteiger partial charge >= 0.3 is 0 Å². The van der Waals surface area contributed by atoms with Crippen LogP contribution < -0.4 is 10.2 Å². The molecule has 3 saturated heterocycles. The highest BCUT2D eigenvalue weighted by Crippen LogP contribution is 2.35. The van der Waals surface area contributed by atoms with Gasteiger partial charge in [0, 0.05) is 36.8 Å². The molecule has 2 atom stereocenters. The zero-order chi connectivity index (χ0) is 15.4. The summed E-state index contributed by atoms with van der Waals surface area (Å²) in [5, 5.41) is 15.7. The molecule has 114 valence electrons. The number of benzene rings is 1. The van der Waals surface area contributed by atoms with Crippen molar-refractivity contribution in [1.29, 1.82) is 5.26 Å². The Hall–Kier alpha value is -2.43. The van der Waals surface area contributed by atoms with E-state index in [9.17, 15) is 5.26 Å². The number of rotatable bonds is 2. The van der Waals surface area contributed by atoms with Crippen LogP contribution in [0.2, 0.25) is 0 Å². The van der Waals surface area contributed by atoms with Gasteiger partial charge in [-0.1, -0.05) is 0 Å². The van der Waals surface area contributed by atoms with Crippen LogP contribution in [0.4, 0.5) is 6.01 Å². The molecule has 6 nitrogen and oxygen atoms in total. The first kappa shape index (κ1) is 13.0. The van der Waals surface area contributed by atoms with Crippen molar-refractivity contribution < 1.29 is 4.42 Å². The highest BCUT2D eigenvalue weighted by Gasteiger charge is 2.38. The number of aromatic nitrogens is 2. The third kappa shape index (κ3) is 1.96. The van der Waals surface area contributed by atoms with E-state index in [-0.39, 0.29) is 0 Å². The monoisotopic (exact) mass is 323 g/mol. The number of hydrogen-bond acceptors (Lipinski definition) is 7. The predicted octanol–water partition coefficient (Wildman–Crippen LogP) is 2.37. The fraction of sp³-hybridized carbons (Fsp3) is 0.312. The van der Waals surface area contributed by atoms with Crippen LogP contribution in [0.1, 0.15) is 12.0 Å². The summed E-state index contributed by atoms with van der Waals surface area (Å²) >= 11 is 1.55. The number of oxazole rings is 1. The van der Waals surface area contributed by atoms with Crippen LogP contribution in [0.5, 0.6) is 0 Å². The van der Waals surface area contributed by atoms with Gasteiger partial charge in [-0.25, -0.2) is 4.98 Å². The minimum Gasteiger partial charge on any atom is -0.423 e. The van der Waals surface area contributed by atoms with E-state index in [1.165, 1.54) is 6.42 Å². The van der Waals surface area contributed by atoms with Gasteiger partial charge in [0.2, 0.25) is 0 Å². The van der Waals surface area contributed by atoms with E-state index in [0.29, 0.717) is 34.8 Å². The minimum atomic E-state index is 0.526. The SMILES string of the molecule is N#Cc1ccc(-c2nccs2)c2oc(N3CC4CC(C3)N4)nc12. The Morgan fingerprint density at radius 1 is 1.35 bits per heavy atom. The number of anilines is 1. The van der Waals surface area contributed by atoms with E-state index in [2.05, 4.69) is 26.3 Å². The Labute approximate surface area is 136 Å². The number of nitrogens with one attached hydrogen (secondary N) is 1. The molecule has 23 heavy (non-hydrogen) atoms. The quantitative estimate of drug-likeness (QED) is 0.780. The summed E-state index contributed by atoms with van der Waals surface area (Å²) in [6, 6.07) is 7.55. The van der Waals surface area contributed by atoms with Gasteiger partial charge in [-0.3, -0.25) is 0 Å². The molecule has 3 aromatic rings. The molecule has 2 bridgehead atoms. The van der Waals surface area contributed by atoms with Crippen LogP contribution in [0.25, 0.3) is 21.7 Å². The van der Waals surface area contributed by atoms with Crippen molar-refractivity contribution >= 4 is 28.5 Å². The fourth-order valence-electron chi connectivity index (χ4n) is 3.42. The Morgan fingerprint density at radius 2 is 2.17 bits per heavy atom. The Kier molecular flexibility index (Phi) is 2.71. The fourth-order valence-corrected chi connectivity index (χ4v) is 4.08. The third-order valence-corrected chi connectivity index (χ3v) is 5.31. The van der Waals surface area contributed by atoms with Crippen molar-refractivity contribution in [1.82, 2.24) is 15.3 Å². The molecule has 0 saturated carbocycles. The Morgan fingerprint density at radius 3 is 2.87 bits per heavy atom. The van der Waals surface area contributed by atoms with Crippen molar-refractivity contribution in [3.63, 3.8) is 0 Å². The first-order chi connectivity index (χ1) is 11.3. The zero-order valence-corrected chi connectivity index (χ0v) is 13.0. The highest BCUT2D eigenvalue weighted by atomic mass is 32.1. The minimum absolute atomic E-state index is 0.526. The third-order valence-electron chi connectivity index (χ3n) is 4.51. The second-order valence-electron chi connectivity index (χ2n) is 5.99. The van der Waals surface area contributed by atoms with Gasteiger partial charge < -0.3 is 14.6 Å². The molecular formula is C16H13N5OS. The van der Waals surface area contributed by atoms with Gasteiger partial charge in [-0.15, -0.1) is 11.3 Å². The van der Waals surface area contributed by atoms with E-state index < -0.39 is 0 Å². The second kappa shape index (κ2) is 4.78. The van der Waals surface area contributed by atoms with Crippen molar-refractivity contribution in [2.75, 3.05) is 18.0 Å². The normalized spacial score (nSPS) is 22.8. The average Bonchev–Trinajstić information content (AvgIpc) is 3.23. The van der Waals surface area contributed by atoms with Gasteiger partial charge in [-0.05, 0) is 18.6 Å². The molecule has 7 heteroatoms. The summed E-state index contributed by atoms with van der Waals surface area (Å²) in [5.74, 6) is 0. The molecule has 0 radical (unpaired) electrons. The highest BCUT2D eigenvalue weighted by molar-refractivity contribution is 7.13. The topological polar surface area (TPSA) is 78.0 Å². The Balaban J connectivity index is 1.65. The first-order valence-electron chi connectivity index (χ1n) is 7.56. The summed E-state index contributed by atoms with van der Waals surface area (Å²) in [7, 11) is 0. The van der Waals surface area contributed by atoms with E-state index in [4.69, 9.17) is 4.42 Å². The smallest absolute Gasteiger partial charge is 0.298 e. The molecule has 6 rings (SSSR count). The molecule has 2 unspecified atom stereocenters. The van der Waals surface area contributed by atoms with Crippen molar-refractivity contribution in [3.8, 4) is 16.6 Å². The van der Waals surface area contributed by atoms with E-state index in [1.54, 1.807) is 23.6 Å². The average molecular weight is 323 g/mol. The lowest BCUT2D eigenvalue weighted by atomic mass is 9.92. The molecule has 0 spiro atoms. The summed E-state index contributed by atoms with van der Waals surface area (Å²) in [5.41, 5.74) is 2.72. The van der Waals surface area contributed by atoms with Crippen LogP contribution in [0.3, 0.4) is 0 Å². The molecule has 5 heterocycles. The number of piperazine rings is 1. The number of piperidine rings is 1. The number of hydrogen-bond donors (Lipinski definition) is 1. The summed E-state index contributed by atoms with van der Waals surface area (Å²) in [6.45, 7) is 1.80. The zero-order valence-electron chi connectivity index (χ0n) is 12.2. The summed E-state index contributed by atoms with van der Waals surface area (Å²) in [4.78, 5) is 11.1. The predicted molar refractivity (Wildman–Crippen MR) is 87.4 cm³/mol. The van der Waals surface area contributed by atoms with Crippen LogP contribution in [0.15, 0.2) is 28.1 Å². The van der Waals surface area contributed by atoms with Crippen molar-refractivity contribution in [3.05, 3.63) is 29.3 Å². The first-order valence-corrected chi connectivity index (χ1v) is 8.44. The summed E-state index contributed by atoms with van der Waals surface area (Å²) in [6.07, 6.45) is 3.00. The standard InChI is InChI=1S/C16H13N5OS/c17-6-9-1-2-12(15-18-3-4-23-15)14-13(9)20-16(22-14)21-7-10-5-11(8-21)19-10/h1-4,10-11,19H,5,7-8H2. The molecule has 0 amide bonds. The van der Waals surface area contributed by atoms with E-state index in [0.717, 1.165) is 23.7 Å². The molecule has 3 aliphatic heterocycles. The lowest BCUT2D eigenvalue weighted by molar-refractivity contribution is 0.220. The maximum absolute atomic E-state index is 9.36. The molecule has 1 N–H and O–H groups in total. The molecule has 3 aliphatic rings. The number of nitrogens with zero attached hydrogens (tertiary/aromatic N) is 4. The maximum Gasteiger partial charge on any atom is 0.298 e. The number of nitriles is 1. The lowest BCUT2D eigenvalue weighted by Crippen LogP contribution is -2.67. The Bertz CT molecular complexity index is 910. The maximum atomic E-state index is 9.36. The molecular weight excluding hydrogens is 310 g/mol.